The van der Waals surface area contributed by atoms with Gasteiger partial charge in [-0.2, -0.15) is 4.31 Å². The van der Waals surface area contributed by atoms with Gasteiger partial charge < -0.3 is 14.1 Å². The van der Waals surface area contributed by atoms with Crippen LogP contribution in [0.25, 0.3) is 0 Å². The third-order valence-corrected chi connectivity index (χ3v) is 8.34. The lowest BCUT2D eigenvalue weighted by Gasteiger charge is -2.33. The Morgan fingerprint density at radius 1 is 1.07 bits per heavy atom. The minimum atomic E-state index is -3.61. The molecule has 1 fully saturated rings. The van der Waals surface area contributed by atoms with Gasteiger partial charge in [-0.1, -0.05) is 29.8 Å². The molecule has 0 unspecified atom stereocenters. The quantitative estimate of drug-likeness (QED) is 0.553. The molecule has 1 aromatic carbocycles. The molecule has 2 aromatic heterocycles. The zero-order valence-corrected chi connectivity index (χ0v) is 18.3. The lowest BCUT2D eigenvalue weighted by molar-refractivity contribution is 0.0662. The Labute approximate surface area is 183 Å². The molecular weight excluding hydrogens is 448 g/mol. The van der Waals surface area contributed by atoms with E-state index in [0.717, 1.165) is 11.3 Å². The van der Waals surface area contributed by atoms with E-state index in [1.165, 1.54) is 16.6 Å². The van der Waals surface area contributed by atoms with Gasteiger partial charge in [0.1, 0.15) is 16.6 Å². The van der Waals surface area contributed by atoms with Crippen LogP contribution in [-0.4, -0.2) is 49.7 Å². The van der Waals surface area contributed by atoms with Crippen LogP contribution in [0.4, 0.5) is 0 Å². The molecule has 158 valence electrons. The van der Waals surface area contributed by atoms with E-state index in [4.69, 9.17) is 20.8 Å². The van der Waals surface area contributed by atoms with Gasteiger partial charge in [-0.3, -0.25) is 4.79 Å². The number of ether oxygens (including phenoxy) is 1. The number of rotatable bonds is 6. The Hall–Kier alpha value is -2.33. The van der Waals surface area contributed by atoms with Crippen LogP contribution in [0.1, 0.15) is 16.1 Å². The summed E-state index contributed by atoms with van der Waals surface area (Å²) in [5.74, 6) is 0.639. The number of thiophene rings is 1. The summed E-state index contributed by atoms with van der Waals surface area (Å²) in [6, 6.07) is 14.1. The maximum atomic E-state index is 12.9. The predicted molar refractivity (Wildman–Crippen MR) is 113 cm³/mol. The average Bonchev–Trinajstić information content (AvgIpc) is 3.42. The Balaban J connectivity index is 1.39. The molecule has 0 radical (unpaired) electrons. The molecule has 0 aliphatic carbocycles. The van der Waals surface area contributed by atoms with Crippen LogP contribution in [0.5, 0.6) is 5.75 Å². The number of carbonyl (C=O) groups excluding carboxylic acids is 1. The van der Waals surface area contributed by atoms with Gasteiger partial charge in [0.05, 0.1) is 10.6 Å². The summed E-state index contributed by atoms with van der Waals surface area (Å²) in [6.45, 7) is 1.17. The highest BCUT2D eigenvalue weighted by molar-refractivity contribution is 7.91. The molecule has 3 aromatic rings. The maximum absolute atomic E-state index is 12.9. The van der Waals surface area contributed by atoms with E-state index >= 15 is 0 Å². The fourth-order valence-electron chi connectivity index (χ4n) is 3.15. The largest absolute Gasteiger partial charge is 0.489 e. The third-order valence-electron chi connectivity index (χ3n) is 4.75. The number of hydrogen-bond donors (Lipinski definition) is 0. The zero-order chi connectivity index (χ0) is 21.1. The lowest BCUT2D eigenvalue weighted by Crippen LogP contribution is -2.50. The topological polar surface area (TPSA) is 80.1 Å². The summed E-state index contributed by atoms with van der Waals surface area (Å²) < 4.78 is 38.6. The van der Waals surface area contributed by atoms with E-state index in [9.17, 15) is 13.2 Å². The van der Waals surface area contributed by atoms with Crippen LogP contribution in [-0.2, 0) is 16.6 Å². The molecule has 0 atom stereocenters. The maximum Gasteiger partial charge on any atom is 0.290 e. The zero-order valence-electron chi connectivity index (χ0n) is 15.9. The number of benzene rings is 1. The van der Waals surface area contributed by atoms with Crippen molar-refractivity contribution in [2.45, 2.75) is 10.8 Å². The molecule has 30 heavy (non-hydrogen) atoms. The summed E-state index contributed by atoms with van der Waals surface area (Å²) in [4.78, 5) is 14.5. The van der Waals surface area contributed by atoms with E-state index in [2.05, 4.69) is 0 Å². The number of amides is 1. The van der Waals surface area contributed by atoms with Crippen molar-refractivity contribution in [2.75, 3.05) is 26.2 Å². The second-order valence-corrected chi connectivity index (χ2v) is 10.5. The summed E-state index contributed by atoms with van der Waals surface area (Å²) in [6.07, 6.45) is 1.46. The second-order valence-electron chi connectivity index (χ2n) is 6.63. The molecule has 1 aliphatic rings. The lowest BCUT2D eigenvalue weighted by atomic mass is 10.2. The fraction of sp³-hybridized carbons (Fsp3) is 0.250. The average molecular weight is 467 g/mol. The summed E-state index contributed by atoms with van der Waals surface area (Å²) in [5, 5.41) is 0. The van der Waals surface area contributed by atoms with Crippen molar-refractivity contribution >= 4 is 38.9 Å². The Morgan fingerprint density at radius 2 is 1.80 bits per heavy atom. The molecule has 1 amide bonds. The molecular formula is C20H19ClN2O5S2. The molecule has 0 N–H and O–H groups in total. The van der Waals surface area contributed by atoms with Crippen molar-refractivity contribution in [1.82, 2.24) is 9.21 Å². The number of halogens is 1. The SMILES string of the molecule is O=C(c1occc1COc1ccccc1)N1CCN(S(=O)(=O)c2ccc(Cl)s2)CC1. The highest BCUT2D eigenvalue weighted by atomic mass is 35.5. The van der Waals surface area contributed by atoms with E-state index < -0.39 is 10.0 Å². The van der Waals surface area contributed by atoms with Crippen molar-refractivity contribution in [1.29, 1.82) is 0 Å². The first-order valence-electron chi connectivity index (χ1n) is 9.24. The molecule has 1 aliphatic heterocycles. The highest BCUT2D eigenvalue weighted by Crippen LogP contribution is 2.29. The smallest absolute Gasteiger partial charge is 0.290 e. The first kappa shape index (κ1) is 20.9. The highest BCUT2D eigenvalue weighted by Gasteiger charge is 2.32. The molecule has 0 spiro atoms. The van der Waals surface area contributed by atoms with Gasteiger partial charge in [0, 0.05) is 31.7 Å². The molecule has 0 bridgehead atoms. The molecule has 3 heterocycles. The van der Waals surface area contributed by atoms with Gasteiger partial charge in [0.2, 0.25) is 0 Å². The number of hydrogen-bond acceptors (Lipinski definition) is 6. The summed E-state index contributed by atoms with van der Waals surface area (Å²) in [7, 11) is -3.61. The minimum absolute atomic E-state index is 0.203. The van der Waals surface area contributed by atoms with Crippen LogP contribution in [0.2, 0.25) is 4.34 Å². The normalized spacial score (nSPS) is 15.3. The van der Waals surface area contributed by atoms with Gasteiger partial charge in [0.15, 0.2) is 5.76 Å². The summed E-state index contributed by atoms with van der Waals surface area (Å²) >= 11 is 6.89. The van der Waals surface area contributed by atoms with Crippen LogP contribution < -0.4 is 4.74 Å². The van der Waals surface area contributed by atoms with Gasteiger partial charge >= 0.3 is 0 Å². The van der Waals surface area contributed by atoms with Crippen LogP contribution in [0, 0.1) is 0 Å². The van der Waals surface area contributed by atoms with E-state index in [-0.39, 0.29) is 48.7 Å². The molecule has 10 heteroatoms. The van der Waals surface area contributed by atoms with Gasteiger partial charge in [-0.25, -0.2) is 8.42 Å². The van der Waals surface area contributed by atoms with Crippen molar-refractivity contribution < 1.29 is 22.4 Å². The predicted octanol–water partition coefficient (Wildman–Crippen LogP) is 3.72. The van der Waals surface area contributed by atoms with Crippen molar-refractivity contribution in [3.8, 4) is 5.75 Å². The Bertz CT molecular complexity index is 1120. The third kappa shape index (κ3) is 4.39. The molecule has 7 nitrogen and oxygen atoms in total. The van der Waals surface area contributed by atoms with Gasteiger partial charge in [-0.15, -0.1) is 11.3 Å². The fourth-order valence-corrected chi connectivity index (χ4v) is 6.21. The first-order valence-corrected chi connectivity index (χ1v) is 11.9. The van der Waals surface area contributed by atoms with Crippen LogP contribution in [0.3, 0.4) is 0 Å². The number of nitrogens with zero attached hydrogens (tertiary/aromatic N) is 2. The number of piperazine rings is 1. The van der Waals surface area contributed by atoms with Crippen molar-refractivity contribution in [3.05, 3.63) is 70.5 Å². The number of sulfonamides is 1. The van der Waals surface area contributed by atoms with Crippen LogP contribution >= 0.6 is 22.9 Å². The van der Waals surface area contributed by atoms with Gasteiger partial charge in [-0.05, 0) is 30.3 Å². The number of carbonyl (C=O) groups is 1. The molecule has 1 saturated heterocycles. The second kappa shape index (κ2) is 8.81. The standard InChI is InChI=1S/C20H19ClN2O5S2/c21-17-6-7-18(29-17)30(25,26)23-11-9-22(10-12-23)20(24)19-15(8-13-27-19)14-28-16-4-2-1-3-5-16/h1-8,13H,9-12,14H2. The Morgan fingerprint density at radius 3 is 2.47 bits per heavy atom. The Kier molecular flexibility index (Phi) is 6.14. The van der Waals surface area contributed by atoms with Crippen molar-refractivity contribution in [2.24, 2.45) is 0 Å². The van der Waals surface area contributed by atoms with E-state index in [1.54, 1.807) is 17.0 Å². The number of furan rings is 1. The number of para-hydroxylation sites is 1. The molecule has 0 saturated carbocycles. The first-order chi connectivity index (χ1) is 14.4. The summed E-state index contributed by atoms with van der Waals surface area (Å²) in [5.41, 5.74) is 0.645. The monoisotopic (exact) mass is 466 g/mol. The van der Waals surface area contributed by atoms with Crippen LogP contribution in [0.15, 0.2) is 63.4 Å². The van der Waals surface area contributed by atoms with Crippen molar-refractivity contribution in [3.63, 3.8) is 0 Å². The molecule has 4 rings (SSSR count). The van der Waals surface area contributed by atoms with E-state index in [1.807, 2.05) is 30.3 Å². The van der Waals surface area contributed by atoms with Gasteiger partial charge in [0.25, 0.3) is 15.9 Å². The minimum Gasteiger partial charge on any atom is -0.489 e. The van der Waals surface area contributed by atoms with E-state index in [0.29, 0.717) is 15.6 Å².